The molecular weight excluding hydrogens is 258 g/mol. The molecule has 1 aromatic rings. The highest BCUT2D eigenvalue weighted by atomic mass is 16.5. The maximum Gasteiger partial charge on any atom is 0.355 e. The molecule has 0 aliphatic rings. The number of carbonyl (C=O) groups excluding carboxylic acids is 2. The lowest BCUT2D eigenvalue weighted by atomic mass is 10.3. The van der Waals surface area contributed by atoms with E-state index in [1.807, 2.05) is 13.8 Å². The summed E-state index contributed by atoms with van der Waals surface area (Å²) in [5.74, 6) is -0.823. The number of anilines is 1. The van der Waals surface area contributed by atoms with Gasteiger partial charge in [0.25, 0.3) is 5.91 Å². The van der Waals surface area contributed by atoms with E-state index >= 15 is 0 Å². The first-order valence-electron chi connectivity index (χ1n) is 6.93. The zero-order valence-corrected chi connectivity index (χ0v) is 12.3. The summed E-state index contributed by atoms with van der Waals surface area (Å²) in [4.78, 5) is 23.7. The van der Waals surface area contributed by atoms with Crippen LogP contribution in [0.25, 0.3) is 0 Å². The summed E-state index contributed by atoms with van der Waals surface area (Å²) in [5, 5.41) is 2.69. The van der Waals surface area contributed by atoms with Gasteiger partial charge in [0.1, 0.15) is 5.69 Å². The molecule has 0 spiro atoms. The molecule has 1 heterocycles. The normalized spacial score (nSPS) is 11.9. The van der Waals surface area contributed by atoms with Crippen molar-refractivity contribution in [3.63, 3.8) is 0 Å². The van der Waals surface area contributed by atoms with Crippen molar-refractivity contribution in [2.75, 3.05) is 12.3 Å². The number of aromatic nitrogens is 1. The quantitative estimate of drug-likeness (QED) is 0.742. The zero-order valence-electron chi connectivity index (χ0n) is 12.3. The predicted octanol–water partition coefficient (Wildman–Crippen LogP) is 1.55. The molecule has 0 fully saturated rings. The molecule has 0 saturated heterocycles. The van der Waals surface area contributed by atoms with E-state index in [1.54, 1.807) is 23.8 Å². The average Bonchev–Trinajstić information content (AvgIpc) is 2.77. The highest BCUT2D eigenvalue weighted by Crippen LogP contribution is 2.13. The van der Waals surface area contributed by atoms with E-state index in [1.165, 1.54) is 0 Å². The van der Waals surface area contributed by atoms with Gasteiger partial charge in [-0.3, -0.25) is 4.79 Å². The average molecular weight is 281 g/mol. The first kappa shape index (κ1) is 16.1. The maximum absolute atomic E-state index is 12.1. The van der Waals surface area contributed by atoms with Gasteiger partial charge in [-0.05, 0) is 25.8 Å². The molecule has 0 bridgehead atoms. The number of esters is 1. The Kier molecular flexibility index (Phi) is 6.09. The van der Waals surface area contributed by atoms with E-state index < -0.39 is 12.1 Å². The Morgan fingerprint density at radius 3 is 2.70 bits per heavy atom. The zero-order chi connectivity index (χ0) is 15.1. The fourth-order valence-corrected chi connectivity index (χ4v) is 1.80. The fourth-order valence-electron chi connectivity index (χ4n) is 1.80. The van der Waals surface area contributed by atoms with Crippen LogP contribution in [0, 0.1) is 0 Å². The summed E-state index contributed by atoms with van der Waals surface area (Å²) in [7, 11) is 0. The minimum Gasteiger partial charge on any atom is -0.448 e. The number of nitrogens with zero attached hydrogens (tertiary/aromatic N) is 1. The first-order chi connectivity index (χ1) is 9.49. The second kappa shape index (κ2) is 7.57. The smallest absolute Gasteiger partial charge is 0.355 e. The molecule has 112 valence electrons. The molecule has 1 aromatic heterocycles. The van der Waals surface area contributed by atoms with Crippen LogP contribution >= 0.6 is 0 Å². The molecule has 6 nitrogen and oxygen atoms in total. The van der Waals surface area contributed by atoms with Crippen LogP contribution < -0.4 is 11.1 Å². The van der Waals surface area contributed by atoms with Crippen LogP contribution in [0.4, 0.5) is 5.69 Å². The van der Waals surface area contributed by atoms with Gasteiger partial charge in [0.05, 0.1) is 5.69 Å². The van der Waals surface area contributed by atoms with Crippen molar-refractivity contribution in [1.82, 2.24) is 9.88 Å². The summed E-state index contributed by atoms with van der Waals surface area (Å²) in [6, 6.07) is 1.56. The highest BCUT2D eigenvalue weighted by Gasteiger charge is 2.21. The van der Waals surface area contributed by atoms with Crippen LogP contribution in [0.15, 0.2) is 12.3 Å². The summed E-state index contributed by atoms with van der Waals surface area (Å²) in [5.41, 5.74) is 6.58. The van der Waals surface area contributed by atoms with Crippen LogP contribution in [0.5, 0.6) is 0 Å². The Bertz CT molecular complexity index is 468. The maximum atomic E-state index is 12.1. The van der Waals surface area contributed by atoms with Crippen molar-refractivity contribution in [1.29, 1.82) is 0 Å². The summed E-state index contributed by atoms with van der Waals surface area (Å²) < 4.78 is 6.91. The fraction of sp³-hybridized carbons (Fsp3) is 0.571. The van der Waals surface area contributed by atoms with Crippen molar-refractivity contribution in [3.05, 3.63) is 18.0 Å². The van der Waals surface area contributed by atoms with Gasteiger partial charge in [0.15, 0.2) is 6.10 Å². The first-order valence-corrected chi connectivity index (χ1v) is 6.93. The molecular formula is C14H23N3O3. The molecule has 0 aliphatic heterocycles. The van der Waals surface area contributed by atoms with Crippen LogP contribution in [0.2, 0.25) is 0 Å². The van der Waals surface area contributed by atoms with E-state index in [0.717, 1.165) is 12.8 Å². The number of carbonyl (C=O) groups is 2. The lowest BCUT2D eigenvalue weighted by Crippen LogP contribution is -2.36. The van der Waals surface area contributed by atoms with Crippen molar-refractivity contribution in [3.8, 4) is 0 Å². The van der Waals surface area contributed by atoms with E-state index in [2.05, 4.69) is 5.32 Å². The van der Waals surface area contributed by atoms with Crippen molar-refractivity contribution in [2.45, 2.75) is 46.3 Å². The van der Waals surface area contributed by atoms with E-state index in [-0.39, 0.29) is 5.91 Å². The van der Waals surface area contributed by atoms with Gasteiger partial charge < -0.3 is 20.4 Å². The molecule has 6 heteroatoms. The second-order valence-electron chi connectivity index (χ2n) is 4.69. The van der Waals surface area contributed by atoms with Gasteiger partial charge in [0, 0.05) is 19.3 Å². The minimum atomic E-state index is -0.819. The van der Waals surface area contributed by atoms with Crippen LogP contribution in [0.1, 0.15) is 44.1 Å². The minimum absolute atomic E-state index is 0.290. The monoisotopic (exact) mass is 281 g/mol. The largest absolute Gasteiger partial charge is 0.448 e. The Morgan fingerprint density at radius 2 is 2.10 bits per heavy atom. The van der Waals surface area contributed by atoms with Gasteiger partial charge in [-0.2, -0.15) is 0 Å². The number of amides is 1. The molecule has 0 saturated carbocycles. The van der Waals surface area contributed by atoms with Crippen LogP contribution in [-0.4, -0.2) is 29.1 Å². The molecule has 0 aliphatic carbocycles. The lowest BCUT2D eigenvalue weighted by molar-refractivity contribution is -0.129. The highest BCUT2D eigenvalue weighted by molar-refractivity contribution is 5.91. The van der Waals surface area contributed by atoms with Crippen molar-refractivity contribution < 1.29 is 14.3 Å². The number of aryl methyl sites for hydroxylation is 1. The molecule has 1 unspecified atom stereocenters. The summed E-state index contributed by atoms with van der Waals surface area (Å²) >= 11 is 0. The van der Waals surface area contributed by atoms with Gasteiger partial charge in [-0.25, -0.2) is 4.79 Å². The summed E-state index contributed by atoms with van der Waals surface area (Å²) in [6.07, 6.45) is 2.59. The standard InChI is InChI=1S/C14H23N3O3/c1-4-6-16-13(18)10(3)20-14(19)12-8-11(15)9-17(12)7-5-2/h8-10H,4-7,15H2,1-3H3,(H,16,18). The van der Waals surface area contributed by atoms with Crippen LogP contribution in [-0.2, 0) is 16.1 Å². The van der Waals surface area contributed by atoms with Gasteiger partial charge >= 0.3 is 5.97 Å². The number of nitrogens with one attached hydrogen (secondary N) is 1. The van der Waals surface area contributed by atoms with E-state index in [0.29, 0.717) is 24.5 Å². The van der Waals surface area contributed by atoms with Gasteiger partial charge in [0.2, 0.25) is 0 Å². The third-order valence-electron chi connectivity index (χ3n) is 2.79. The molecule has 0 aromatic carbocycles. The Labute approximate surface area is 119 Å². The molecule has 1 rings (SSSR count). The van der Waals surface area contributed by atoms with E-state index in [4.69, 9.17) is 10.5 Å². The lowest BCUT2D eigenvalue weighted by Gasteiger charge is -2.14. The van der Waals surface area contributed by atoms with Gasteiger partial charge in [-0.1, -0.05) is 13.8 Å². The summed E-state index contributed by atoms with van der Waals surface area (Å²) in [6.45, 7) is 6.76. The number of rotatable bonds is 7. The third kappa shape index (κ3) is 4.29. The second-order valence-corrected chi connectivity index (χ2v) is 4.69. The molecule has 3 N–H and O–H groups in total. The Morgan fingerprint density at radius 1 is 1.40 bits per heavy atom. The predicted molar refractivity (Wildman–Crippen MR) is 77.3 cm³/mol. The van der Waals surface area contributed by atoms with Crippen molar-refractivity contribution >= 4 is 17.6 Å². The number of ether oxygens (including phenoxy) is 1. The Hall–Kier alpha value is -1.98. The molecule has 0 radical (unpaired) electrons. The number of nitrogens with two attached hydrogens (primary N) is 1. The van der Waals surface area contributed by atoms with Gasteiger partial charge in [-0.15, -0.1) is 0 Å². The Balaban J connectivity index is 2.68. The molecule has 20 heavy (non-hydrogen) atoms. The SMILES string of the molecule is CCCNC(=O)C(C)OC(=O)c1cc(N)cn1CCC. The van der Waals surface area contributed by atoms with Crippen LogP contribution in [0.3, 0.4) is 0 Å². The number of nitrogen functional groups attached to an aromatic ring is 1. The molecule has 1 amide bonds. The molecule has 1 atom stereocenters. The number of hydrogen-bond acceptors (Lipinski definition) is 4. The topological polar surface area (TPSA) is 86.3 Å². The number of hydrogen-bond donors (Lipinski definition) is 2. The van der Waals surface area contributed by atoms with E-state index in [9.17, 15) is 9.59 Å². The van der Waals surface area contributed by atoms with Crippen molar-refractivity contribution in [2.24, 2.45) is 0 Å². The third-order valence-corrected chi connectivity index (χ3v) is 2.79.